The molecule has 2 atom stereocenters. The zero-order valence-electron chi connectivity index (χ0n) is 10.2. The molecule has 0 saturated heterocycles. The second-order valence-corrected chi connectivity index (χ2v) is 5.66. The van der Waals surface area contributed by atoms with E-state index >= 15 is 0 Å². The number of carbonyl (C=O) groups is 1. The largest absolute Gasteiger partial charge is 0.461 e. The highest BCUT2D eigenvalue weighted by molar-refractivity contribution is 5.81. The summed E-state index contributed by atoms with van der Waals surface area (Å²) >= 11 is 0. The Bertz CT molecular complexity index is 259. The standard InChI is InChI=1S/C13H23NO2/c1-10-5-4-6-11(9-10)16-12(15)13(14)7-2-3-8-13/h10-11H,2-9,14H2,1H3. The van der Waals surface area contributed by atoms with Crippen molar-refractivity contribution in [1.82, 2.24) is 0 Å². The molecule has 0 aromatic rings. The molecule has 0 radical (unpaired) electrons. The van der Waals surface area contributed by atoms with Gasteiger partial charge in [0.15, 0.2) is 0 Å². The predicted molar refractivity (Wildman–Crippen MR) is 62.9 cm³/mol. The van der Waals surface area contributed by atoms with E-state index in [4.69, 9.17) is 10.5 Å². The summed E-state index contributed by atoms with van der Waals surface area (Å²) in [5, 5.41) is 0. The highest BCUT2D eigenvalue weighted by Crippen LogP contribution is 2.31. The minimum Gasteiger partial charge on any atom is -0.461 e. The Labute approximate surface area is 97.7 Å². The monoisotopic (exact) mass is 225 g/mol. The van der Waals surface area contributed by atoms with Gasteiger partial charge >= 0.3 is 5.97 Å². The summed E-state index contributed by atoms with van der Waals surface area (Å²) in [6.07, 6.45) is 8.32. The van der Waals surface area contributed by atoms with Gasteiger partial charge in [-0.25, -0.2) is 0 Å². The molecule has 2 unspecified atom stereocenters. The zero-order valence-corrected chi connectivity index (χ0v) is 10.2. The smallest absolute Gasteiger partial charge is 0.326 e. The van der Waals surface area contributed by atoms with E-state index in [0.29, 0.717) is 5.92 Å². The molecule has 0 aliphatic heterocycles. The van der Waals surface area contributed by atoms with Crippen LogP contribution in [0.1, 0.15) is 58.3 Å². The van der Waals surface area contributed by atoms with E-state index in [9.17, 15) is 4.79 Å². The van der Waals surface area contributed by atoms with E-state index in [0.717, 1.165) is 38.5 Å². The van der Waals surface area contributed by atoms with Crippen LogP contribution in [0.25, 0.3) is 0 Å². The third kappa shape index (κ3) is 2.57. The van der Waals surface area contributed by atoms with Crippen LogP contribution in [0, 0.1) is 5.92 Å². The van der Waals surface area contributed by atoms with E-state index < -0.39 is 5.54 Å². The van der Waals surface area contributed by atoms with Gasteiger partial charge < -0.3 is 10.5 Å². The van der Waals surface area contributed by atoms with E-state index in [2.05, 4.69) is 6.92 Å². The maximum Gasteiger partial charge on any atom is 0.326 e. The van der Waals surface area contributed by atoms with Crippen LogP contribution in [-0.2, 0) is 9.53 Å². The van der Waals surface area contributed by atoms with Crippen LogP contribution in [0.5, 0.6) is 0 Å². The number of carbonyl (C=O) groups excluding carboxylic acids is 1. The topological polar surface area (TPSA) is 52.3 Å². The van der Waals surface area contributed by atoms with Crippen LogP contribution < -0.4 is 5.73 Å². The van der Waals surface area contributed by atoms with Gasteiger partial charge in [-0.15, -0.1) is 0 Å². The Morgan fingerprint density at radius 2 is 1.94 bits per heavy atom. The van der Waals surface area contributed by atoms with Gasteiger partial charge in [0.25, 0.3) is 0 Å². The molecule has 0 bridgehead atoms. The lowest BCUT2D eigenvalue weighted by Crippen LogP contribution is -2.48. The Morgan fingerprint density at radius 3 is 2.56 bits per heavy atom. The van der Waals surface area contributed by atoms with Crippen molar-refractivity contribution in [2.75, 3.05) is 0 Å². The molecule has 2 fully saturated rings. The number of nitrogens with two attached hydrogens (primary N) is 1. The second-order valence-electron chi connectivity index (χ2n) is 5.66. The van der Waals surface area contributed by atoms with Crippen molar-refractivity contribution in [2.45, 2.75) is 69.9 Å². The van der Waals surface area contributed by atoms with Crippen molar-refractivity contribution >= 4 is 5.97 Å². The van der Waals surface area contributed by atoms with E-state index in [-0.39, 0.29) is 12.1 Å². The number of ether oxygens (including phenoxy) is 1. The predicted octanol–water partition coefficient (Wildman–Crippen LogP) is 2.38. The Morgan fingerprint density at radius 1 is 1.25 bits per heavy atom. The maximum absolute atomic E-state index is 12.0. The molecule has 2 aliphatic rings. The molecular formula is C13H23NO2. The zero-order chi connectivity index (χ0) is 11.6. The first kappa shape index (κ1) is 11.9. The molecule has 92 valence electrons. The fraction of sp³-hybridized carbons (Fsp3) is 0.923. The number of rotatable bonds is 2. The van der Waals surface area contributed by atoms with E-state index in [1.807, 2.05) is 0 Å². The molecule has 3 nitrogen and oxygen atoms in total. The third-order valence-corrected chi connectivity index (χ3v) is 4.06. The highest BCUT2D eigenvalue weighted by atomic mass is 16.5. The van der Waals surface area contributed by atoms with Crippen LogP contribution in [0.3, 0.4) is 0 Å². The Balaban J connectivity index is 1.86. The van der Waals surface area contributed by atoms with E-state index in [1.165, 1.54) is 12.8 Å². The third-order valence-electron chi connectivity index (χ3n) is 4.06. The first-order chi connectivity index (χ1) is 7.60. The SMILES string of the molecule is CC1CCCC(OC(=O)C2(N)CCCC2)C1. The van der Waals surface area contributed by atoms with Crippen molar-refractivity contribution in [3.63, 3.8) is 0 Å². The summed E-state index contributed by atoms with van der Waals surface area (Å²) in [5.41, 5.74) is 5.41. The van der Waals surface area contributed by atoms with Crippen LogP contribution >= 0.6 is 0 Å². The normalized spacial score (nSPS) is 33.6. The number of esters is 1. The van der Waals surface area contributed by atoms with Gasteiger partial charge in [0.2, 0.25) is 0 Å². The quantitative estimate of drug-likeness (QED) is 0.734. The Kier molecular flexibility index (Phi) is 3.53. The van der Waals surface area contributed by atoms with Crippen molar-refractivity contribution in [3.8, 4) is 0 Å². The lowest BCUT2D eigenvalue weighted by Gasteiger charge is -2.30. The summed E-state index contributed by atoms with van der Waals surface area (Å²) in [6.45, 7) is 2.23. The van der Waals surface area contributed by atoms with Crippen LogP contribution in [0.15, 0.2) is 0 Å². The number of hydrogen-bond donors (Lipinski definition) is 1. The summed E-state index contributed by atoms with van der Waals surface area (Å²) in [5.74, 6) is 0.535. The van der Waals surface area contributed by atoms with Gasteiger partial charge in [-0.2, -0.15) is 0 Å². The van der Waals surface area contributed by atoms with Gasteiger partial charge in [-0.3, -0.25) is 4.79 Å². The molecule has 0 amide bonds. The van der Waals surface area contributed by atoms with Crippen molar-refractivity contribution in [1.29, 1.82) is 0 Å². The fourth-order valence-electron chi connectivity index (χ4n) is 2.96. The van der Waals surface area contributed by atoms with Gasteiger partial charge in [0, 0.05) is 0 Å². The van der Waals surface area contributed by atoms with E-state index in [1.54, 1.807) is 0 Å². The first-order valence-corrected chi connectivity index (χ1v) is 6.60. The first-order valence-electron chi connectivity index (χ1n) is 6.60. The van der Waals surface area contributed by atoms with Crippen LogP contribution in [0.4, 0.5) is 0 Å². The van der Waals surface area contributed by atoms with Crippen molar-refractivity contribution in [3.05, 3.63) is 0 Å². The summed E-state index contributed by atoms with van der Waals surface area (Å²) in [7, 11) is 0. The fourth-order valence-corrected chi connectivity index (χ4v) is 2.96. The minimum atomic E-state index is -0.666. The molecule has 2 aliphatic carbocycles. The minimum absolute atomic E-state index is 0.122. The van der Waals surface area contributed by atoms with Crippen LogP contribution in [-0.4, -0.2) is 17.6 Å². The maximum atomic E-state index is 12.0. The van der Waals surface area contributed by atoms with Gasteiger partial charge in [0.05, 0.1) is 0 Å². The van der Waals surface area contributed by atoms with Gasteiger partial charge in [-0.05, 0) is 38.0 Å². The average molecular weight is 225 g/mol. The van der Waals surface area contributed by atoms with Gasteiger partial charge in [-0.1, -0.05) is 26.2 Å². The summed E-state index contributed by atoms with van der Waals surface area (Å²) < 4.78 is 5.58. The molecule has 16 heavy (non-hydrogen) atoms. The highest BCUT2D eigenvalue weighted by Gasteiger charge is 2.40. The molecule has 0 aromatic heterocycles. The van der Waals surface area contributed by atoms with Crippen molar-refractivity contribution in [2.24, 2.45) is 11.7 Å². The molecule has 0 aromatic carbocycles. The molecule has 2 saturated carbocycles. The molecular weight excluding hydrogens is 202 g/mol. The van der Waals surface area contributed by atoms with Crippen molar-refractivity contribution < 1.29 is 9.53 Å². The molecule has 3 heteroatoms. The molecule has 2 rings (SSSR count). The lowest BCUT2D eigenvalue weighted by molar-refractivity contribution is -0.157. The van der Waals surface area contributed by atoms with Crippen LogP contribution in [0.2, 0.25) is 0 Å². The molecule has 0 spiro atoms. The summed E-state index contributed by atoms with van der Waals surface area (Å²) in [4.78, 5) is 12.0. The average Bonchev–Trinajstić information content (AvgIpc) is 2.66. The number of hydrogen-bond acceptors (Lipinski definition) is 3. The summed E-state index contributed by atoms with van der Waals surface area (Å²) in [6, 6.07) is 0. The molecule has 0 heterocycles. The second kappa shape index (κ2) is 4.74. The van der Waals surface area contributed by atoms with Gasteiger partial charge in [0.1, 0.15) is 11.6 Å². The Hall–Kier alpha value is -0.570. The molecule has 2 N–H and O–H groups in total. The lowest BCUT2D eigenvalue weighted by atomic mass is 9.88.